The Balaban J connectivity index is 3.90. The van der Waals surface area contributed by atoms with E-state index in [1.54, 1.807) is 0 Å². The van der Waals surface area contributed by atoms with E-state index in [0.29, 0.717) is 0 Å². The van der Waals surface area contributed by atoms with Crippen LogP contribution in [0.3, 0.4) is 0 Å². The molecule has 1 atom stereocenters. The van der Waals surface area contributed by atoms with Gasteiger partial charge in [-0.15, -0.1) is 0 Å². The Hall–Kier alpha value is 0.540. The molecule has 48 valence electrons. The average molecular weight is 177 g/mol. The van der Waals surface area contributed by atoms with Crippen molar-refractivity contribution in [2.75, 3.05) is 0 Å². The quantitative estimate of drug-likeness (QED) is 0.449. The molecule has 0 N–H and O–H groups in total. The van der Waals surface area contributed by atoms with Gasteiger partial charge < -0.3 is 0 Å². The van der Waals surface area contributed by atoms with E-state index in [2.05, 4.69) is 6.58 Å². The summed E-state index contributed by atoms with van der Waals surface area (Å²) in [4.78, 5) is -1.26. The maximum atomic E-state index is 12.3. The zero-order valence-electron chi connectivity index (χ0n) is 3.87. The number of allylic oxidation sites excluding steroid dienone is 1. The summed E-state index contributed by atoms with van der Waals surface area (Å²) < 4.78 is 12.3. The van der Waals surface area contributed by atoms with Crippen LogP contribution in [0.5, 0.6) is 0 Å². The van der Waals surface area contributed by atoms with Crippen molar-refractivity contribution in [3.8, 4) is 0 Å². The Morgan fingerprint density at radius 3 is 2.00 bits per heavy atom. The van der Waals surface area contributed by atoms with Crippen LogP contribution >= 0.6 is 34.8 Å². The van der Waals surface area contributed by atoms with E-state index in [-0.39, 0.29) is 0 Å². The van der Waals surface area contributed by atoms with E-state index in [1.165, 1.54) is 0 Å². The number of halogens is 4. The van der Waals surface area contributed by atoms with Crippen LogP contribution in [0.1, 0.15) is 0 Å². The normalized spacial score (nSPS) is 18.1. The number of hydrogen-bond donors (Lipinski definition) is 0. The van der Waals surface area contributed by atoms with Crippen LogP contribution in [-0.2, 0) is 0 Å². The molecule has 0 amide bonds. The lowest BCUT2D eigenvalue weighted by molar-refractivity contribution is 0.367. The van der Waals surface area contributed by atoms with Gasteiger partial charge in [-0.3, -0.25) is 0 Å². The molecule has 4 heteroatoms. The predicted molar refractivity (Wildman–Crippen MR) is 35.4 cm³/mol. The van der Waals surface area contributed by atoms with Gasteiger partial charge in [0.25, 0.3) is 0 Å². The van der Waals surface area contributed by atoms with Crippen LogP contribution in [0.4, 0.5) is 4.39 Å². The maximum absolute atomic E-state index is 12.3. The van der Waals surface area contributed by atoms with Crippen molar-refractivity contribution in [3.05, 3.63) is 12.7 Å². The van der Waals surface area contributed by atoms with Gasteiger partial charge in [-0.25, -0.2) is 4.39 Å². The van der Waals surface area contributed by atoms with Gasteiger partial charge in [0.15, 0.2) is 4.84 Å². The second kappa shape index (κ2) is 2.90. The fourth-order valence-corrected chi connectivity index (χ4v) is 0.267. The summed E-state index contributed by atoms with van der Waals surface area (Å²) in [6.45, 7) is 3.08. The first kappa shape index (κ1) is 8.54. The van der Waals surface area contributed by atoms with Crippen molar-refractivity contribution >= 4 is 34.8 Å². The molecule has 0 spiro atoms. The van der Waals surface area contributed by atoms with E-state index in [0.717, 1.165) is 6.08 Å². The highest BCUT2D eigenvalue weighted by molar-refractivity contribution is 6.49. The summed E-state index contributed by atoms with van der Waals surface area (Å²) in [5.74, 6) is 0. The van der Waals surface area contributed by atoms with Crippen LogP contribution < -0.4 is 0 Å². The highest BCUT2D eigenvalue weighted by Crippen LogP contribution is 2.29. The minimum atomic E-state index is -2.19. The molecule has 0 aromatic rings. The third kappa shape index (κ3) is 2.21. The van der Waals surface area contributed by atoms with Gasteiger partial charge >= 0.3 is 0 Å². The first-order valence-corrected chi connectivity index (χ1v) is 3.05. The van der Waals surface area contributed by atoms with Gasteiger partial charge in [0.1, 0.15) is 0 Å². The zero-order chi connectivity index (χ0) is 6.78. The Morgan fingerprint density at radius 1 is 1.62 bits per heavy atom. The summed E-state index contributed by atoms with van der Waals surface area (Å²) >= 11 is 15.1. The summed E-state index contributed by atoms with van der Waals surface area (Å²) in [7, 11) is 0. The molecular formula is C4H4Cl3F. The molecule has 0 nitrogen and oxygen atoms in total. The first-order chi connectivity index (χ1) is 3.50. The molecule has 0 aliphatic rings. The van der Waals surface area contributed by atoms with Crippen LogP contribution in [0.25, 0.3) is 0 Å². The fraction of sp³-hybridized carbons (Fsp3) is 0.500. The Kier molecular flexibility index (Phi) is 3.10. The van der Waals surface area contributed by atoms with Crippen molar-refractivity contribution in [1.29, 1.82) is 0 Å². The summed E-state index contributed by atoms with van der Waals surface area (Å²) in [5, 5.41) is -2.19. The Bertz CT molecular complexity index is 89.3. The maximum Gasteiger partial charge on any atom is 0.231 e. The molecule has 0 aromatic carbocycles. The molecule has 0 aliphatic heterocycles. The van der Waals surface area contributed by atoms with Gasteiger partial charge in [0.05, 0.1) is 0 Å². The second-order valence-electron chi connectivity index (χ2n) is 1.18. The van der Waals surface area contributed by atoms with Crippen LogP contribution in [0.15, 0.2) is 12.7 Å². The molecule has 0 rings (SSSR count). The van der Waals surface area contributed by atoms with Gasteiger partial charge in [-0.05, 0) is 6.08 Å². The molecule has 0 heterocycles. The third-order valence-electron chi connectivity index (χ3n) is 0.563. The lowest BCUT2D eigenvalue weighted by atomic mass is 10.4. The Morgan fingerprint density at radius 2 is 2.00 bits per heavy atom. The molecule has 0 fully saturated rings. The monoisotopic (exact) mass is 176 g/mol. The molecular weight excluding hydrogens is 173 g/mol. The van der Waals surface area contributed by atoms with E-state index >= 15 is 0 Å². The van der Waals surface area contributed by atoms with E-state index in [4.69, 9.17) is 34.8 Å². The molecule has 0 saturated heterocycles. The number of alkyl halides is 4. The zero-order valence-corrected chi connectivity index (χ0v) is 6.14. The standard InChI is InChI=1S/C4H4Cl3F/c1-2-4(7,8)3(5)6/h2-3H,1H2. The second-order valence-corrected chi connectivity index (χ2v) is 2.85. The molecule has 0 radical (unpaired) electrons. The number of hydrogen-bond acceptors (Lipinski definition) is 0. The molecule has 0 aliphatic carbocycles. The highest BCUT2D eigenvalue weighted by Gasteiger charge is 2.30. The fourth-order valence-electron chi connectivity index (χ4n) is 0.0891. The first-order valence-electron chi connectivity index (χ1n) is 1.80. The summed E-state index contributed by atoms with van der Waals surface area (Å²) in [5.41, 5.74) is 0. The largest absolute Gasteiger partial charge is 0.231 e. The highest BCUT2D eigenvalue weighted by atomic mass is 35.5. The minimum Gasteiger partial charge on any atom is -0.219 e. The smallest absolute Gasteiger partial charge is 0.219 e. The minimum absolute atomic E-state index is 0.846. The third-order valence-corrected chi connectivity index (χ3v) is 1.79. The van der Waals surface area contributed by atoms with Crippen molar-refractivity contribution in [2.45, 2.75) is 9.96 Å². The summed E-state index contributed by atoms with van der Waals surface area (Å²) in [6.07, 6.45) is 0.846. The van der Waals surface area contributed by atoms with Crippen molar-refractivity contribution in [3.63, 3.8) is 0 Å². The lowest BCUT2D eigenvalue weighted by Gasteiger charge is -2.11. The van der Waals surface area contributed by atoms with Crippen LogP contribution in [0, 0.1) is 0 Å². The van der Waals surface area contributed by atoms with Gasteiger partial charge in [-0.2, -0.15) is 0 Å². The molecule has 0 aromatic heterocycles. The lowest BCUT2D eigenvalue weighted by Crippen LogP contribution is -2.18. The van der Waals surface area contributed by atoms with Gasteiger partial charge in [0, 0.05) is 0 Å². The SMILES string of the molecule is C=CC(F)(Cl)C(Cl)Cl. The molecule has 0 saturated carbocycles. The molecule has 0 bridgehead atoms. The van der Waals surface area contributed by atoms with E-state index < -0.39 is 9.96 Å². The van der Waals surface area contributed by atoms with Gasteiger partial charge in [0.2, 0.25) is 5.13 Å². The molecule has 8 heavy (non-hydrogen) atoms. The van der Waals surface area contributed by atoms with E-state index in [1.807, 2.05) is 0 Å². The van der Waals surface area contributed by atoms with Crippen molar-refractivity contribution in [2.24, 2.45) is 0 Å². The van der Waals surface area contributed by atoms with Crippen LogP contribution in [0.2, 0.25) is 0 Å². The van der Waals surface area contributed by atoms with Gasteiger partial charge in [-0.1, -0.05) is 41.4 Å². The van der Waals surface area contributed by atoms with Crippen LogP contribution in [-0.4, -0.2) is 9.96 Å². The Labute approximate surface area is 62.2 Å². The summed E-state index contributed by atoms with van der Waals surface area (Å²) in [6, 6.07) is 0. The average Bonchev–Trinajstić information content (AvgIpc) is 1.67. The topological polar surface area (TPSA) is 0 Å². The number of rotatable bonds is 2. The van der Waals surface area contributed by atoms with E-state index in [9.17, 15) is 4.39 Å². The van der Waals surface area contributed by atoms with Crippen molar-refractivity contribution in [1.82, 2.24) is 0 Å². The predicted octanol–water partition coefficient (Wildman–Crippen LogP) is 2.88. The molecule has 1 unspecified atom stereocenters. The van der Waals surface area contributed by atoms with Crippen molar-refractivity contribution < 1.29 is 4.39 Å².